The van der Waals surface area contributed by atoms with Crippen molar-refractivity contribution in [2.45, 2.75) is 43.5 Å². The molecule has 108 valence electrons. The predicted octanol–water partition coefficient (Wildman–Crippen LogP) is 2.64. The molecule has 0 N–H and O–H groups in total. The SMILES string of the molecule is C=CCC[C@@H]1CCC(=O)N1S(=O)(=O)c1ccc(C)cc1. The van der Waals surface area contributed by atoms with Gasteiger partial charge in [-0.2, -0.15) is 0 Å². The third kappa shape index (κ3) is 2.77. The van der Waals surface area contributed by atoms with Crippen molar-refractivity contribution in [3.63, 3.8) is 0 Å². The third-order valence-corrected chi connectivity index (χ3v) is 5.44. The van der Waals surface area contributed by atoms with E-state index in [1.807, 2.05) is 6.92 Å². The second-order valence-corrected chi connectivity index (χ2v) is 6.88. The highest BCUT2D eigenvalue weighted by atomic mass is 32.2. The molecule has 1 fully saturated rings. The van der Waals surface area contributed by atoms with Crippen LogP contribution in [0.4, 0.5) is 0 Å². The van der Waals surface area contributed by atoms with Crippen LogP contribution in [-0.4, -0.2) is 24.7 Å². The average Bonchev–Trinajstić information content (AvgIpc) is 2.78. The molecule has 0 radical (unpaired) electrons. The highest BCUT2D eigenvalue weighted by molar-refractivity contribution is 7.89. The van der Waals surface area contributed by atoms with Crippen molar-refractivity contribution < 1.29 is 13.2 Å². The number of aryl methyl sites for hydroxylation is 1. The Hall–Kier alpha value is -1.62. The lowest BCUT2D eigenvalue weighted by atomic mass is 10.1. The van der Waals surface area contributed by atoms with Crippen molar-refractivity contribution in [1.82, 2.24) is 4.31 Å². The van der Waals surface area contributed by atoms with Gasteiger partial charge in [0.1, 0.15) is 0 Å². The largest absolute Gasteiger partial charge is 0.274 e. The van der Waals surface area contributed by atoms with Gasteiger partial charge in [0.2, 0.25) is 5.91 Å². The quantitative estimate of drug-likeness (QED) is 0.784. The van der Waals surface area contributed by atoms with Gasteiger partial charge in [0.25, 0.3) is 10.0 Å². The fourth-order valence-corrected chi connectivity index (χ4v) is 4.12. The van der Waals surface area contributed by atoms with Crippen LogP contribution in [0.25, 0.3) is 0 Å². The molecule has 1 saturated heterocycles. The van der Waals surface area contributed by atoms with Crippen LogP contribution in [0.5, 0.6) is 0 Å². The second kappa shape index (κ2) is 5.79. The molecule has 1 aliphatic heterocycles. The average molecular weight is 293 g/mol. The molecule has 0 bridgehead atoms. The first kappa shape index (κ1) is 14.8. The lowest BCUT2D eigenvalue weighted by Gasteiger charge is -2.24. The fourth-order valence-electron chi connectivity index (χ4n) is 2.45. The maximum atomic E-state index is 12.6. The summed E-state index contributed by atoms with van der Waals surface area (Å²) in [4.78, 5) is 12.1. The molecule has 20 heavy (non-hydrogen) atoms. The van der Waals surface area contributed by atoms with Gasteiger partial charge in [0.15, 0.2) is 0 Å². The topological polar surface area (TPSA) is 54.5 Å². The Labute approximate surface area is 120 Å². The van der Waals surface area contributed by atoms with E-state index in [-0.39, 0.29) is 16.8 Å². The molecule has 0 spiro atoms. The Kier molecular flexibility index (Phi) is 4.28. The summed E-state index contributed by atoms with van der Waals surface area (Å²) in [5.41, 5.74) is 0.986. The van der Waals surface area contributed by atoms with Crippen LogP contribution in [0.15, 0.2) is 41.8 Å². The van der Waals surface area contributed by atoms with Gasteiger partial charge in [-0.3, -0.25) is 4.79 Å². The lowest BCUT2D eigenvalue weighted by Crippen LogP contribution is -2.38. The number of hydrogen-bond acceptors (Lipinski definition) is 3. The van der Waals surface area contributed by atoms with Crippen LogP contribution < -0.4 is 0 Å². The van der Waals surface area contributed by atoms with Crippen molar-refractivity contribution in [2.75, 3.05) is 0 Å². The van der Waals surface area contributed by atoms with E-state index in [1.54, 1.807) is 30.3 Å². The van der Waals surface area contributed by atoms with Crippen LogP contribution in [0.1, 0.15) is 31.2 Å². The number of benzene rings is 1. The summed E-state index contributed by atoms with van der Waals surface area (Å²) in [6.07, 6.45) is 3.99. The zero-order chi connectivity index (χ0) is 14.8. The number of nitrogens with zero attached hydrogens (tertiary/aromatic N) is 1. The maximum Gasteiger partial charge on any atom is 0.266 e. The molecule has 0 unspecified atom stereocenters. The van der Waals surface area contributed by atoms with Crippen molar-refractivity contribution in [3.05, 3.63) is 42.5 Å². The van der Waals surface area contributed by atoms with Crippen LogP contribution in [0.3, 0.4) is 0 Å². The summed E-state index contributed by atoms with van der Waals surface area (Å²) < 4.78 is 26.3. The molecular formula is C15H19NO3S. The summed E-state index contributed by atoms with van der Waals surface area (Å²) in [6, 6.07) is 6.35. The number of sulfonamides is 1. The first-order chi connectivity index (χ1) is 9.46. The molecule has 1 heterocycles. The summed E-state index contributed by atoms with van der Waals surface area (Å²) in [5, 5.41) is 0. The molecule has 0 aromatic heterocycles. The lowest BCUT2D eigenvalue weighted by molar-refractivity contribution is -0.124. The number of rotatable bonds is 5. The Bertz CT molecular complexity index is 605. The second-order valence-electron chi connectivity index (χ2n) is 5.07. The summed E-state index contributed by atoms with van der Waals surface area (Å²) in [5.74, 6) is -0.306. The van der Waals surface area contributed by atoms with Crippen molar-refractivity contribution >= 4 is 15.9 Å². The first-order valence-corrected chi connectivity index (χ1v) is 8.15. The van der Waals surface area contributed by atoms with Crippen molar-refractivity contribution in [2.24, 2.45) is 0 Å². The minimum absolute atomic E-state index is 0.182. The van der Waals surface area contributed by atoms with E-state index >= 15 is 0 Å². The number of allylic oxidation sites excluding steroid dienone is 1. The summed E-state index contributed by atoms with van der Waals surface area (Å²) in [6.45, 7) is 5.54. The van der Waals surface area contributed by atoms with E-state index in [0.717, 1.165) is 9.87 Å². The minimum atomic E-state index is -3.73. The van der Waals surface area contributed by atoms with Gasteiger partial charge < -0.3 is 0 Å². The molecule has 1 atom stereocenters. The van der Waals surface area contributed by atoms with Crippen molar-refractivity contribution in [1.29, 1.82) is 0 Å². The Morgan fingerprint density at radius 2 is 2.00 bits per heavy atom. The molecule has 1 aliphatic rings. The molecule has 1 amide bonds. The number of amides is 1. The van der Waals surface area contributed by atoms with E-state index in [4.69, 9.17) is 0 Å². The van der Waals surface area contributed by atoms with Gasteiger partial charge in [0, 0.05) is 12.5 Å². The third-order valence-electron chi connectivity index (χ3n) is 3.55. The smallest absolute Gasteiger partial charge is 0.266 e. The minimum Gasteiger partial charge on any atom is -0.274 e. The number of carbonyl (C=O) groups excluding carboxylic acids is 1. The zero-order valence-corrected chi connectivity index (χ0v) is 12.4. The monoisotopic (exact) mass is 293 g/mol. The Morgan fingerprint density at radius 1 is 1.35 bits per heavy atom. The summed E-state index contributed by atoms with van der Waals surface area (Å²) >= 11 is 0. The molecule has 0 saturated carbocycles. The molecular weight excluding hydrogens is 274 g/mol. The van der Waals surface area contributed by atoms with Crippen molar-refractivity contribution in [3.8, 4) is 0 Å². The maximum absolute atomic E-state index is 12.6. The molecule has 1 aromatic carbocycles. The van der Waals surface area contributed by atoms with Crippen LogP contribution in [0, 0.1) is 6.92 Å². The molecule has 2 rings (SSSR count). The van der Waals surface area contributed by atoms with Gasteiger partial charge in [0.05, 0.1) is 4.90 Å². The molecule has 4 nitrogen and oxygen atoms in total. The van der Waals surface area contributed by atoms with Gasteiger partial charge in [-0.1, -0.05) is 23.8 Å². The van der Waals surface area contributed by atoms with Crippen LogP contribution in [0.2, 0.25) is 0 Å². The normalized spacial score (nSPS) is 19.4. The Balaban J connectivity index is 2.33. The predicted molar refractivity (Wildman–Crippen MR) is 77.7 cm³/mol. The van der Waals surface area contributed by atoms with Gasteiger partial charge in [-0.05, 0) is 38.3 Å². The van der Waals surface area contributed by atoms with E-state index in [2.05, 4.69) is 6.58 Å². The van der Waals surface area contributed by atoms with E-state index in [0.29, 0.717) is 25.7 Å². The molecule has 0 aliphatic carbocycles. The summed E-state index contributed by atoms with van der Waals surface area (Å²) in [7, 11) is -3.73. The highest BCUT2D eigenvalue weighted by Gasteiger charge is 2.39. The number of carbonyl (C=O) groups is 1. The molecule has 1 aromatic rings. The van der Waals surface area contributed by atoms with Crippen LogP contribution >= 0.6 is 0 Å². The van der Waals surface area contributed by atoms with E-state index in [9.17, 15) is 13.2 Å². The Morgan fingerprint density at radius 3 is 2.60 bits per heavy atom. The van der Waals surface area contributed by atoms with Gasteiger partial charge in [-0.25, -0.2) is 12.7 Å². The zero-order valence-electron chi connectivity index (χ0n) is 11.6. The van der Waals surface area contributed by atoms with E-state index < -0.39 is 10.0 Å². The number of hydrogen-bond donors (Lipinski definition) is 0. The van der Waals surface area contributed by atoms with Crippen LogP contribution in [-0.2, 0) is 14.8 Å². The van der Waals surface area contributed by atoms with Gasteiger partial charge in [-0.15, -0.1) is 6.58 Å². The van der Waals surface area contributed by atoms with E-state index in [1.165, 1.54) is 0 Å². The highest BCUT2D eigenvalue weighted by Crippen LogP contribution is 2.29. The standard InChI is InChI=1S/C15H19NO3S/c1-3-4-5-13-8-11-15(17)16(13)20(18,19)14-9-6-12(2)7-10-14/h3,6-7,9-10,13H,1,4-5,8,11H2,2H3/t13-/m1/s1. The fraction of sp³-hybridized carbons (Fsp3) is 0.400. The first-order valence-electron chi connectivity index (χ1n) is 6.71. The van der Waals surface area contributed by atoms with Gasteiger partial charge >= 0.3 is 0 Å². The molecule has 5 heteroatoms.